The van der Waals surface area contributed by atoms with Crippen molar-refractivity contribution in [2.75, 3.05) is 18.5 Å². The van der Waals surface area contributed by atoms with E-state index in [4.69, 9.17) is 9.72 Å². The summed E-state index contributed by atoms with van der Waals surface area (Å²) >= 11 is 0. The number of imidazole rings is 1. The molecule has 0 saturated carbocycles. The van der Waals surface area contributed by atoms with Gasteiger partial charge in [-0.1, -0.05) is 48.6 Å². The molecular formula is C29H30FN3O. The van der Waals surface area contributed by atoms with E-state index in [2.05, 4.69) is 60.5 Å². The molecule has 0 radical (unpaired) electrons. The van der Waals surface area contributed by atoms with Crippen LogP contribution < -0.4 is 5.32 Å². The molecule has 34 heavy (non-hydrogen) atoms. The van der Waals surface area contributed by atoms with Gasteiger partial charge in [0.1, 0.15) is 11.6 Å². The van der Waals surface area contributed by atoms with Gasteiger partial charge < -0.3 is 15.0 Å². The Bertz CT molecular complexity index is 1220. The van der Waals surface area contributed by atoms with Crippen molar-refractivity contribution in [1.82, 2.24) is 9.97 Å². The molecule has 4 nitrogen and oxygen atoms in total. The normalized spacial score (nSPS) is 11.4. The summed E-state index contributed by atoms with van der Waals surface area (Å²) in [6.07, 6.45) is 4.05. The van der Waals surface area contributed by atoms with E-state index in [0.29, 0.717) is 19.3 Å². The zero-order chi connectivity index (χ0) is 23.9. The molecule has 0 amide bonds. The molecule has 174 valence electrons. The van der Waals surface area contributed by atoms with Crippen molar-refractivity contribution in [1.29, 1.82) is 0 Å². The zero-order valence-electron chi connectivity index (χ0n) is 19.8. The molecule has 1 heterocycles. The molecule has 1 aromatic heterocycles. The Kier molecular flexibility index (Phi) is 7.55. The van der Waals surface area contributed by atoms with E-state index in [0.717, 1.165) is 45.2 Å². The highest BCUT2D eigenvalue weighted by molar-refractivity contribution is 5.82. The Hall–Kier alpha value is -3.70. The van der Waals surface area contributed by atoms with Gasteiger partial charge in [0, 0.05) is 35.0 Å². The zero-order valence-corrected chi connectivity index (χ0v) is 19.8. The third kappa shape index (κ3) is 5.80. The van der Waals surface area contributed by atoms with Gasteiger partial charge in [0.15, 0.2) is 0 Å². The minimum atomic E-state index is -0.262. The van der Waals surface area contributed by atoms with Crippen molar-refractivity contribution < 1.29 is 9.13 Å². The van der Waals surface area contributed by atoms with Crippen molar-refractivity contribution in [3.8, 4) is 33.9 Å². The highest BCUT2D eigenvalue weighted by atomic mass is 19.1. The summed E-state index contributed by atoms with van der Waals surface area (Å²) in [5.41, 5.74) is 6.71. The first kappa shape index (κ1) is 23.5. The largest absolute Gasteiger partial charge is 0.383 e. The molecule has 0 aliphatic rings. The Morgan fingerprint density at radius 2 is 1.56 bits per heavy atom. The minimum absolute atomic E-state index is 0.262. The highest BCUT2D eigenvalue weighted by Gasteiger charge is 2.15. The van der Waals surface area contributed by atoms with Crippen molar-refractivity contribution in [2.45, 2.75) is 26.8 Å². The molecule has 4 rings (SSSR count). The maximum absolute atomic E-state index is 13.6. The number of anilines is 1. The predicted octanol–water partition coefficient (Wildman–Crippen LogP) is 7.42. The van der Waals surface area contributed by atoms with E-state index in [9.17, 15) is 4.39 Å². The molecule has 0 fully saturated rings. The third-order valence-corrected chi connectivity index (χ3v) is 5.36. The lowest BCUT2D eigenvalue weighted by atomic mass is 10.0. The molecule has 0 unspecified atom stereocenters. The molecule has 0 saturated heterocycles. The van der Waals surface area contributed by atoms with Gasteiger partial charge >= 0.3 is 0 Å². The van der Waals surface area contributed by atoms with Gasteiger partial charge in [-0.2, -0.15) is 0 Å². The molecule has 3 aromatic carbocycles. The number of nitrogens with one attached hydrogen (secondary N) is 2. The molecule has 4 aromatic rings. The van der Waals surface area contributed by atoms with Crippen molar-refractivity contribution >= 4 is 11.8 Å². The van der Waals surface area contributed by atoms with Crippen LogP contribution in [0.4, 0.5) is 10.1 Å². The van der Waals surface area contributed by atoms with Crippen LogP contribution >= 0.6 is 0 Å². The number of H-pyrrole nitrogens is 1. The number of hydrogen-bond acceptors (Lipinski definition) is 3. The molecule has 5 heteroatoms. The lowest BCUT2D eigenvalue weighted by molar-refractivity contribution is 0.178. The number of hydrogen-bond donors (Lipinski definition) is 2. The summed E-state index contributed by atoms with van der Waals surface area (Å²) in [5, 5.41) is 3.41. The quantitative estimate of drug-likeness (QED) is 0.258. The van der Waals surface area contributed by atoms with Gasteiger partial charge in [-0.05, 0) is 62.7 Å². The molecular weight excluding hydrogens is 425 g/mol. The second kappa shape index (κ2) is 10.9. The average Bonchev–Trinajstić information content (AvgIpc) is 3.28. The number of aromatic amines is 1. The Morgan fingerprint density at radius 1 is 0.912 bits per heavy atom. The lowest BCUT2D eigenvalue weighted by Gasteiger charge is -2.10. The predicted molar refractivity (Wildman–Crippen MR) is 139 cm³/mol. The number of ether oxygens (including phenoxy) is 1. The first-order chi connectivity index (χ1) is 16.5. The maximum Gasteiger partial charge on any atom is 0.138 e. The van der Waals surface area contributed by atoms with Crippen LogP contribution in [-0.2, 0) is 4.74 Å². The van der Waals surface area contributed by atoms with E-state index in [-0.39, 0.29) is 5.82 Å². The van der Waals surface area contributed by atoms with E-state index in [1.54, 1.807) is 12.1 Å². The molecule has 0 bridgehead atoms. The van der Waals surface area contributed by atoms with Crippen molar-refractivity contribution in [3.05, 3.63) is 90.3 Å². The second-order valence-corrected chi connectivity index (χ2v) is 8.38. The molecule has 0 aliphatic carbocycles. The fourth-order valence-electron chi connectivity index (χ4n) is 3.72. The number of nitrogens with zero attached hydrogens (tertiary/aromatic N) is 1. The standard InChI is InChI=1S/C29H30FN3O/c1-4-34-19-5-6-21-7-9-24(10-8-21)29-32-27(22-11-15-25(30)16-12-22)28(33-29)23-13-17-26(18-14-23)31-20(2)3/h5-18,20,31H,4,19H2,1-3H3,(H,32,33)/b6-5+. The summed E-state index contributed by atoms with van der Waals surface area (Å²) in [7, 11) is 0. The van der Waals surface area contributed by atoms with Gasteiger partial charge in [0.05, 0.1) is 18.0 Å². The van der Waals surface area contributed by atoms with E-state index < -0.39 is 0 Å². The van der Waals surface area contributed by atoms with Gasteiger partial charge in [-0.3, -0.25) is 0 Å². The van der Waals surface area contributed by atoms with Gasteiger partial charge in [0.25, 0.3) is 0 Å². The first-order valence-corrected chi connectivity index (χ1v) is 11.6. The SMILES string of the molecule is CCOC/C=C/c1ccc(-c2nc(-c3ccc(NC(C)C)cc3)c(-c3ccc(F)cc3)[nH]2)cc1. The summed E-state index contributed by atoms with van der Waals surface area (Å²) in [5.74, 6) is 0.505. The summed E-state index contributed by atoms with van der Waals surface area (Å²) < 4.78 is 18.9. The lowest BCUT2D eigenvalue weighted by Crippen LogP contribution is -2.09. The molecule has 0 aliphatic heterocycles. The van der Waals surface area contributed by atoms with Crippen LogP contribution in [0.15, 0.2) is 78.9 Å². The van der Waals surface area contributed by atoms with E-state index >= 15 is 0 Å². The molecule has 2 N–H and O–H groups in total. The van der Waals surface area contributed by atoms with Crippen LogP contribution in [-0.4, -0.2) is 29.2 Å². The number of aromatic nitrogens is 2. The van der Waals surface area contributed by atoms with E-state index in [1.165, 1.54) is 12.1 Å². The first-order valence-electron chi connectivity index (χ1n) is 11.6. The maximum atomic E-state index is 13.6. The van der Waals surface area contributed by atoms with Crippen LogP contribution in [0.2, 0.25) is 0 Å². The Labute approximate surface area is 200 Å². The van der Waals surface area contributed by atoms with E-state index in [1.807, 2.05) is 31.2 Å². The third-order valence-electron chi connectivity index (χ3n) is 5.36. The second-order valence-electron chi connectivity index (χ2n) is 8.38. The minimum Gasteiger partial charge on any atom is -0.383 e. The van der Waals surface area contributed by atoms with Crippen LogP contribution in [0, 0.1) is 5.82 Å². The monoisotopic (exact) mass is 455 g/mol. The summed E-state index contributed by atoms with van der Waals surface area (Å²) in [6.45, 7) is 7.52. The topological polar surface area (TPSA) is 49.9 Å². The number of halogens is 1. The van der Waals surface area contributed by atoms with Gasteiger partial charge in [0.2, 0.25) is 0 Å². The van der Waals surface area contributed by atoms with Crippen LogP contribution in [0.3, 0.4) is 0 Å². The van der Waals surface area contributed by atoms with Crippen LogP contribution in [0.1, 0.15) is 26.3 Å². The fourth-order valence-corrected chi connectivity index (χ4v) is 3.72. The molecule has 0 spiro atoms. The van der Waals surface area contributed by atoms with Gasteiger partial charge in [-0.15, -0.1) is 0 Å². The van der Waals surface area contributed by atoms with Crippen LogP contribution in [0.25, 0.3) is 40.0 Å². The highest BCUT2D eigenvalue weighted by Crippen LogP contribution is 2.34. The van der Waals surface area contributed by atoms with Crippen molar-refractivity contribution in [3.63, 3.8) is 0 Å². The fraction of sp³-hybridized carbons (Fsp3) is 0.207. The Balaban J connectivity index is 1.68. The molecule has 0 atom stereocenters. The smallest absolute Gasteiger partial charge is 0.138 e. The average molecular weight is 456 g/mol. The summed E-state index contributed by atoms with van der Waals surface area (Å²) in [4.78, 5) is 8.42. The summed E-state index contributed by atoms with van der Waals surface area (Å²) in [6, 6.07) is 23.3. The Morgan fingerprint density at radius 3 is 2.21 bits per heavy atom. The number of benzene rings is 3. The van der Waals surface area contributed by atoms with Crippen LogP contribution in [0.5, 0.6) is 0 Å². The number of rotatable bonds is 9. The van der Waals surface area contributed by atoms with Crippen molar-refractivity contribution in [2.24, 2.45) is 0 Å². The van der Waals surface area contributed by atoms with Gasteiger partial charge in [-0.25, -0.2) is 9.37 Å².